The van der Waals surface area contributed by atoms with Crippen molar-refractivity contribution in [2.75, 3.05) is 0 Å². The third-order valence-corrected chi connectivity index (χ3v) is 2.71. The topological polar surface area (TPSA) is 62.8 Å². The number of rotatable bonds is 2. The number of carbonyl (C=O) groups is 1. The van der Waals surface area contributed by atoms with E-state index in [9.17, 15) is 9.59 Å². The van der Waals surface area contributed by atoms with Crippen molar-refractivity contribution in [3.63, 3.8) is 0 Å². The first kappa shape index (κ1) is 11.5. The Bertz CT molecular complexity index is 634. The zero-order chi connectivity index (χ0) is 12.4. The molecule has 0 unspecified atom stereocenters. The number of Topliss-reactive ketones (excluding diaryl/α,β-unsaturated/α-hetero) is 1. The Kier molecular flexibility index (Phi) is 3.06. The number of aromatic amines is 1. The lowest BCUT2D eigenvalue weighted by molar-refractivity contribution is 0.101. The third kappa shape index (κ3) is 2.26. The standard InChI is InChI=1S/C12H9ClN2O2/c1-7(16)8-2-3-11(13)9(4-8)10-5-14-6-15-12(10)17/h2-6H,1H3,(H,14,15,17). The van der Waals surface area contributed by atoms with E-state index < -0.39 is 0 Å². The molecule has 0 aliphatic heterocycles. The molecule has 2 rings (SSSR count). The van der Waals surface area contributed by atoms with Crippen molar-refractivity contribution in [1.29, 1.82) is 0 Å². The summed E-state index contributed by atoms with van der Waals surface area (Å²) < 4.78 is 0. The average Bonchev–Trinajstić information content (AvgIpc) is 2.30. The van der Waals surface area contributed by atoms with Crippen molar-refractivity contribution >= 4 is 17.4 Å². The smallest absolute Gasteiger partial charge is 0.258 e. The summed E-state index contributed by atoms with van der Waals surface area (Å²) in [6, 6.07) is 4.82. The Labute approximate surface area is 102 Å². The molecule has 4 nitrogen and oxygen atoms in total. The number of H-pyrrole nitrogens is 1. The van der Waals surface area contributed by atoms with Crippen LogP contribution in [0.2, 0.25) is 5.02 Å². The lowest BCUT2D eigenvalue weighted by atomic mass is 10.0. The van der Waals surface area contributed by atoms with E-state index >= 15 is 0 Å². The van der Waals surface area contributed by atoms with E-state index in [4.69, 9.17) is 11.6 Å². The van der Waals surface area contributed by atoms with Crippen LogP contribution in [0.1, 0.15) is 17.3 Å². The third-order valence-electron chi connectivity index (χ3n) is 2.38. The van der Waals surface area contributed by atoms with Crippen LogP contribution in [0, 0.1) is 0 Å². The maximum absolute atomic E-state index is 11.6. The second kappa shape index (κ2) is 4.51. The SMILES string of the molecule is CC(=O)c1ccc(Cl)c(-c2cnc[nH]c2=O)c1. The van der Waals surface area contributed by atoms with Crippen LogP contribution in [-0.2, 0) is 0 Å². The molecular formula is C12H9ClN2O2. The summed E-state index contributed by atoms with van der Waals surface area (Å²) in [6.07, 6.45) is 2.72. The van der Waals surface area contributed by atoms with Gasteiger partial charge in [0.2, 0.25) is 0 Å². The van der Waals surface area contributed by atoms with Crippen molar-refractivity contribution in [2.45, 2.75) is 6.92 Å². The highest BCUT2D eigenvalue weighted by Gasteiger charge is 2.10. The molecule has 0 saturated heterocycles. The molecule has 1 heterocycles. The number of hydrogen-bond acceptors (Lipinski definition) is 3. The molecule has 0 atom stereocenters. The van der Waals surface area contributed by atoms with Gasteiger partial charge in [0.1, 0.15) is 0 Å². The van der Waals surface area contributed by atoms with Crippen LogP contribution in [-0.4, -0.2) is 15.8 Å². The molecule has 86 valence electrons. The number of nitrogens with zero attached hydrogens (tertiary/aromatic N) is 1. The van der Waals surface area contributed by atoms with Gasteiger partial charge in [-0.1, -0.05) is 11.6 Å². The molecule has 1 N–H and O–H groups in total. The summed E-state index contributed by atoms with van der Waals surface area (Å²) in [4.78, 5) is 29.2. The van der Waals surface area contributed by atoms with E-state index in [1.807, 2.05) is 0 Å². The summed E-state index contributed by atoms with van der Waals surface area (Å²) in [6.45, 7) is 1.46. The fourth-order valence-corrected chi connectivity index (χ4v) is 1.71. The molecule has 5 heteroatoms. The van der Waals surface area contributed by atoms with Gasteiger partial charge in [-0.15, -0.1) is 0 Å². The molecule has 0 aliphatic carbocycles. The predicted octanol–water partition coefficient (Wildman–Crippen LogP) is 2.29. The molecule has 0 amide bonds. The first-order valence-corrected chi connectivity index (χ1v) is 5.31. The Hall–Kier alpha value is -1.94. The number of halogens is 1. The van der Waals surface area contributed by atoms with Crippen LogP contribution in [0.3, 0.4) is 0 Å². The van der Waals surface area contributed by atoms with Gasteiger partial charge in [0, 0.05) is 22.3 Å². The second-order valence-corrected chi connectivity index (χ2v) is 3.95. The maximum atomic E-state index is 11.6. The van der Waals surface area contributed by atoms with Crippen LogP contribution in [0.15, 0.2) is 35.5 Å². The molecule has 17 heavy (non-hydrogen) atoms. The maximum Gasteiger partial charge on any atom is 0.258 e. The quantitative estimate of drug-likeness (QED) is 0.830. The summed E-state index contributed by atoms with van der Waals surface area (Å²) in [5.41, 5.74) is 1.07. The van der Waals surface area contributed by atoms with Gasteiger partial charge in [0.25, 0.3) is 5.56 Å². The highest BCUT2D eigenvalue weighted by molar-refractivity contribution is 6.33. The fourth-order valence-electron chi connectivity index (χ4n) is 1.49. The minimum Gasteiger partial charge on any atom is -0.313 e. The number of carbonyl (C=O) groups excluding carboxylic acids is 1. The van der Waals surface area contributed by atoms with Crippen molar-refractivity contribution in [1.82, 2.24) is 9.97 Å². The molecular weight excluding hydrogens is 240 g/mol. The number of aromatic nitrogens is 2. The van der Waals surface area contributed by atoms with Gasteiger partial charge in [0.05, 0.1) is 11.9 Å². The first-order valence-electron chi connectivity index (χ1n) is 4.93. The second-order valence-electron chi connectivity index (χ2n) is 3.55. The van der Waals surface area contributed by atoms with E-state index in [1.54, 1.807) is 18.2 Å². The summed E-state index contributed by atoms with van der Waals surface area (Å²) in [5, 5.41) is 0.411. The molecule has 0 spiro atoms. The van der Waals surface area contributed by atoms with Crippen molar-refractivity contribution in [3.05, 3.63) is 51.7 Å². The Morgan fingerprint density at radius 1 is 1.35 bits per heavy atom. The number of benzene rings is 1. The highest BCUT2D eigenvalue weighted by atomic mass is 35.5. The van der Waals surface area contributed by atoms with E-state index in [1.165, 1.54) is 19.4 Å². The van der Waals surface area contributed by atoms with E-state index in [2.05, 4.69) is 9.97 Å². The van der Waals surface area contributed by atoms with Crippen LogP contribution in [0.4, 0.5) is 0 Å². The van der Waals surface area contributed by atoms with Gasteiger partial charge < -0.3 is 4.98 Å². The molecule has 0 radical (unpaired) electrons. The zero-order valence-corrected chi connectivity index (χ0v) is 9.78. The molecule has 1 aromatic carbocycles. The summed E-state index contributed by atoms with van der Waals surface area (Å²) >= 11 is 6.02. The number of nitrogens with one attached hydrogen (secondary N) is 1. The summed E-state index contributed by atoms with van der Waals surface area (Å²) in [7, 11) is 0. The lowest BCUT2D eigenvalue weighted by Gasteiger charge is -2.04. The fraction of sp³-hybridized carbons (Fsp3) is 0.0833. The Morgan fingerprint density at radius 3 is 2.76 bits per heavy atom. The molecule has 0 bridgehead atoms. The van der Waals surface area contributed by atoms with Crippen molar-refractivity contribution in [2.24, 2.45) is 0 Å². The lowest BCUT2D eigenvalue weighted by Crippen LogP contribution is -2.09. The van der Waals surface area contributed by atoms with E-state index in [-0.39, 0.29) is 11.3 Å². The van der Waals surface area contributed by atoms with Gasteiger partial charge >= 0.3 is 0 Å². The molecule has 0 fully saturated rings. The normalized spacial score (nSPS) is 10.2. The van der Waals surface area contributed by atoms with Gasteiger partial charge in [-0.2, -0.15) is 0 Å². The minimum absolute atomic E-state index is 0.0803. The first-order chi connectivity index (χ1) is 8.09. The Morgan fingerprint density at radius 2 is 2.12 bits per heavy atom. The van der Waals surface area contributed by atoms with Crippen LogP contribution < -0.4 is 5.56 Å². The number of hydrogen-bond donors (Lipinski definition) is 1. The Balaban J connectivity index is 2.67. The molecule has 0 saturated carbocycles. The van der Waals surface area contributed by atoms with Crippen LogP contribution >= 0.6 is 11.6 Å². The monoisotopic (exact) mass is 248 g/mol. The molecule has 0 aliphatic rings. The number of ketones is 1. The molecule has 1 aromatic heterocycles. The minimum atomic E-state index is -0.289. The average molecular weight is 249 g/mol. The highest BCUT2D eigenvalue weighted by Crippen LogP contribution is 2.26. The summed E-state index contributed by atoms with van der Waals surface area (Å²) in [5.74, 6) is -0.0803. The van der Waals surface area contributed by atoms with E-state index in [0.717, 1.165) is 0 Å². The van der Waals surface area contributed by atoms with Gasteiger partial charge in [0.15, 0.2) is 5.78 Å². The van der Waals surface area contributed by atoms with Crippen molar-refractivity contribution in [3.8, 4) is 11.1 Å². The molecule has 2 aromatic rings. The van der Waals surface area contributed by atoms with Gasteiger partial charge in [-0.05, 0) is 25.1 Å². The largest absolute Gasteiger partial charge is 0.313 e. The van der Waals surface area contributed by atoms with Crippen LogP contribution in [0.25, 0.3) is 11.1 Å². The van der Waals surface area contributed by atoms with Gasteiger partial charge in [-0.3, -0.25) is 9.59 Å². The van der Waals surface area contributed by atoms with E-state index in [0.29, 0.717) is 21.7 Å². The predicted molar refractivity (Wildman–Crippen MR) is 65.3 cm³/mol. The van der Waals surface area contributed by atoms with Crippen LogP contribution in [0.5, 0.6) is 0 Å². The zero-order valence-electron chi connectivity index (χ0n) is 9.03. The van der Waals surface area contributed by atoms with Crippen molar-refractivity contribution < 1.29 is 4.79 Å². The van der Waals surface area contributed by atoms with Gasteiger partial charge in [-0.25, -0.2) is 4.98 Å².